The minimum absolute atomic E-state index is 0.0621. The van der Waals surface area contributed by atoms with E-state index in [2.05, 4.69) is 26.6 Å². The third kappa shape index (κ3) is 3.94. The fraction of sp³-hybridized carbons (Fsp3) is 0.222. The first-order chi connectivity index (χ1) is 11.6. The fourth-order valence-corrected chi connectivity index (χ4v) is 2.66. The molecule has 1 aliphatic rings. The SMILES string of the molecule is COc1ccc(Br)c(C(=O)Nc2ccc(NC(=O)C3CC3)cc2)c1. The van der Waals surface area contributed by atoms with Gasteiger partial charge in [0.2, 0.25) is 5.91 Å². The molecule has 0 aliphatic heterocycles. The van der Waals surface area contributed by atoms with Gasteiger partial charge in [0.05, 0.1) is 12.7 Å². The molecule has 3 rings (SSSR count). The van der Waals surface area contributed by atoms with Crippen molar-refractivity contribution in [2.75, 3.05) is 17.7 Å². The Morgan fingerprint density at radius 3 is 2.25 bits per heavy atom. The molecule has 5 nitrogen and oxygen atoms in total. The molecule has 1 saturated carbocycles. The molecule has 0 atom stereocenters. The molecule has 0 saturated heterocycles. The zero-order valence-corrected chi connectivity index (χ0v) is 14.7. The molecule has 0 heterocycles. The number of anilines is 2. The van der Waals surface area contributed by atoms with Gasteiger partial charge < -0.3 is 15.4 Å². The number of ether oxygens (including phenoxy) is 1. The Hall–Kier alpha value is -2.34. The van der Waals surface area contributed by atoms with Crippen molar-refractivity contribution in [1.29, 1.82) is 0 Å². The standard InChI is InChI=1S/C18H17BrN2O3/c1-24-14-8-9-16(19)15(10-14)18(23)21-13-6-4-12(5-7-13)20-17(22)11-2-3-11/h4-11H,2-3H2,1H3,(H,20,22)(H,21,23). The van der Waals surface area contributed by atoms with Crippen LogP contribution in [-0.2, 0) is 4.79 Å². The van der Waals surface area contributed by atoms with Crippen molar-refractivity contribution in [3.63, 3.8) is 0 Å². The van der Waals surface area contributed by atoms with Crippen molar-refractivity contribution in [3.05, 3.63) is 52.5 Å². The summed E-state index contributed by atoms with van der Waals surface area (Å²) in [6, 6.07) is 12.3. The zero-order chi connectivity index (χ0) is 17.1. The van der Waals surface area contributed by atoms with Gasteiger partial charge in [-0.2, -0.15) is 0 Å². The van der Waals surface area contributed by atoms with Crippen LogP contribution in [0.3, 0.4) is 0 Å². The molecule has 2 aromatic carbocycles. The third-order valence-corrected chi connectivity index (χ3v) is 4.47. The fourth-order valence-electron chi connectivity index (χ4n) is 2.23. The Bertz CT molecular complexity index is 770. The number of carbonyl (C=O) groups is 2. The van der Waals surface area contributed by atoms with Gasteiger partial charge in [-0.05, 0) is 71.2 Å². The predicted octanol–water partition coefficient (Wildman–Crippen LogP) is 4.06. The summed E-state index contributed by atoms with van der Waals surface area (Å²) in [7, 11) is 1.56. The molecular formula is C18H17BrN2O3. The highest BCUT2D eigenvalue weighted by Gasteiger charge is 2.29. The van der Waals surface area contributed by atoms with E-state index < -0.39 is 0 Å². The van der Waals surface area contributed by atoms with E-state index in [1.54, 1.807) is 49.6 Å². The lowest BCUT2D eigenvalue weighted by atomic mass is 10.2. The Morgan fingerprint density at radius 1 is 1.04 bits per heavy atom. The maximum atomic E-state index is 12.4. The van der Waals surface area contributed by atoms with Gasteiger partial charge in [0.15, 0.2) is 0 Å². The van der Waals surface area contributed by atoms with Crippen LogP contribution in [0.15, 0.2) is 46.9 Å². The van der Waals surface area contributed by atoms with Crippen LogP contribution in [0, 0.1) is 5.92 Å². The number of halogens is 1. The monoisotopic (exact) mass is 388 g/mol. The summed E-state index contributed by atoms with van der Waals surface area (Å²) in [5.41, 5.74) is 1.87. The Morgan fingerprint density at radius 2 is 1.67 bits per heavy atom. The highest BCUT2D eigenvalue weighted by Crippen LogP contribution is 2.30. The van der Waals surface area contributed by atoms with Gasteiger partial charge in [0.1, 0.15) is 5.75 Å². The van der Waals surface area contributed by atoms with Gasteiger partial charge in [0, 0.05) is 21.8 Å². The lowest BCUT2D eigenvalue weighted by Crippen LogP contribution is -2.14. The van der Waals surface area contributed by atoms with Crippen LogP contribution in [0.4, 0.5) is 11.4 Å². The molecule has 1 fully saturated rings. The van der Waals surface area contributed by atoms with Crippen molar-refractivity contribution < 1.29 is 14.3 Å². The van der Waals surface area contributed by atoms with E-state index in [0.717, 1.165) is 18.5 Å². The van der Waals surface area contributed by atoms with Crippen molar-refractivity contribution >= 4 is 39.1 Å². The first-order valence-electron chi connectivity index (χ1n) is 7.62. The van der Waals surface area contributed by atoms with Crippen molar-refractivity contribution in [2.24, 2.45) is 5.92 Å². The van der Waals surface area contributed by atoms with Crippen LogP contribution < -0.4 is 15.4 Å². The number of hydrogen-bond donors (Lipinski definition) is 2. The summed E-state index contributed by atoms with van der Waals surface area (Å²) in [4.78, 5) is 24.1. The van der Waals surface area contributed by atoms with Crippen LogP contribution in [-0.4, -0.2) is 18.9 Å². The summed E-state index contributed by atoms with van der Waals surface area (Å²) in [5, 5.41) is 5.69. The van der Waals surface area contributed by atoms with Gasteiger partial charge >= 0.3 is 0 Å². The highest BCUT2D eigenvalue weighted by atomic mass is 79.9. The molecule has 0 radical (unpaired) electrons. The molecule has 1 aliphatic carbocycles. The maximum Gasteiger partial charge on any atom is 0.256 e. The number of carbonyl (C=O) groups excluding carboxylic acids is 2. The Labute approximate surface area is 148 Å². The number of amides is 2. The van der Waals surface area contributed by atoms with Gasteiger partial charge in [0.25, 0.3) is 5.91 Å². The van der Waals surface area contributed by atoms with E-state index in [1.807, 2.05) is 0 Å². The molecule has 2 amide bonds. The molecule has 0 spiro atoms. The van der Waals surface area contributed by atoms with E-state index in [-0.39, 0.29) is 17.7 Å². The molecule has 0 bridgehead atoms. The molecule has 24 heavy (non-hydrogen) atoms. The van der Waals surface area contributed by atoms with Crippen LogP contribution >= 0.6 is 15.9 Å². The van der Waals surface area contributed by atoms with Crippen LogP contribution in [0.25, 0.3) is 0 Å². The van der Waals surface area contributed by atoms with Gasteiger partial charge in [-0.25, -0.2) is 0 Å². The normalized spacial score (nSPS) is 13.2. The number of hydrogen-bond acceptors (Lipinski definition) is 3. The van der Waals surface area contributed by atoms with Crippen molar-refractivity contribution in [1.82, 2.24) is 0 Å². The summed E-state index contributed by atoms with van der Waals surface area (Å²) in [6.45, 7) is 0. The van der Waals surface area contributed by atoms with Crippen LogP contribution in [0.1, 0.15) is 23.2 Å². The van der Waals surface area contributed by atoms with Crippen molar-refractivity contribution in [3.8, 4) is 5.75 Å². The molecule has 2 N–H and O–H groups in total. The first-order valence-corrected chi connectivity index (χ1v) is 8.42. The molecule has 0 unspecified atom stereocenters. The average molecular weight is 389 g/mol. The number of benzene rings is 2. The minimum Gasteiger partial charge on any atom is -0.497 e. The molecule has 2 aromatic rings. The van der Waals surface area contributed by atoms with Crippen LogP contribution in [0.5, 0.6) is 5.75 Å². The van der Waals surface area contributed by atoms with E-state index in [1.165, 1.54) is 0 Å². The molecule has 124 valence electrons. The zero-order valence-electron chi connectivity index (χ0n) is 13.1. The quantitative estimate of drug-likeness (QED) is 0.811. The molecule has 6 heteroatoms. The van der Waals surface area contributed by atoms with E-state index >= 15 is 0 Å². The highest BCUT2D eigenvalue weighted by molar-refractivity contribution is 9.10. The lowest BCUT2D eigenvalue weighted by molar-refractivity contribution is -0.117. The summed E-state index contributed by atoms with van der Waals surface area (Å²) < 4.78 is 5.84. The van der Waals surface area contributed by atoms with E-state index in [9.17, 15) is 9.59 Å². The van der Waals surface area contributed by atoms with E-state index in [0.29, 0.717) is 21.5 Å². The second kappa shape index (κ2) is 7.05. The topological polar surface area (TPSA) is 67.4 Å². The predicted molar refractivity (Wildman–Crippen MR) is 96.4 cm³/mol. The van der Waals surface area contributed by atoms with E-state index in [4.69, 9.17) is 4.74 Å². The number of nitrogens with one attached hydrogen (secondary N) is 2. The van der Waals surface area contributed by atoms with Gasteiger partial charge in [-0.3, -0.25) is 9.59 Å². The summed E-state index contributed by atoms with van der Waals surface area (Å²) in [5.74, 6) is 0.596. The first kappa shape index (κ1) is 16.5. The van der Waals surface area contributed by atoms with Crippen LogP contribution in [0.2, 0.25) is 0 Å². The second-order valence-corrected chi connectivity index (χ2v) is 6.50. The number of rotatable bonds is 5. The summed E-state index contributed by atoms with van der Waals surface area (Å²) in [6.07, 6.45) is 1.94. The number of methoxy groups -OCH3 is 1. The van der Waals surface area contributed by atoms with Crippen molar-refractivity contribution in [2.45, 2.75) is 12.8 Å². The smallest absolute Gasteiger partial charge is 0.256 e. The Kier molecular flexibility index (Phi) is 4.85. The second-order valence-electron chi connectivity index (χ2n) is 5.64. The minimum atomic E-state index is -0.240. The summed E-state index contributed by atoms with van der Waals surface area (Å²) >= 11 is 3.37. The average Bonchev–Trinajstić information content (AvgIpc) is 3.42. The Balaban J connectivity index is 1.67. The largest absolute Gasteiger partial charge is 0.497 e. The third-order valence-electron chi connectivity index (χ3n) is 3.78. The molecular weight excluding hydrogens is 372 g/mol. The van der Waals surface area contributed by atoms with Gasteiger partial charge in [-0.1, -0.05) is 0 Å². The lowest BCUT2D eigenvalue weighted by Gasteiger charge is -2.10. The van der Waals surface area contributed by atoms with Gasteiger partial charge in [-0.15, -0.1) is 0 Å². The maximum absolute atomic E-state index is 12.4. The molecule has 0 aromatic heterocycles.